The van der Waals surface area contributed by atoms with E-state index in [0.717, 1.165) is 17.8 Å². The lowest BCUT2D eigenvalue weighted by Gasteiger charge is -2.14. The van der Waals surface area contributed by atoms with Crippen molar-refractivity contribution in [3.8, 4) is 0 Å². The third kappa shape index (κ3) is 2.96. The van der Waals surface area contributed by atoms with Gasteiger partial charge in [-0.25, -0.2) is 0 Å². The lowest BCUT2D eigenvalue weighted by Crippen LogP contribution is -2.27. The molecule has 0 aromatic carbocycles. The molecule has 2 aliphatic rings. The highest BCUT2D eigenvalue weighted by Gasteiger charge is 2.23. The first-order valence-electron chi connectivity index (χ1n) is 5.77. The molecule has 13 heavy (non-hydrogen) atoms. The molecule has 2 fully saturated rings. The third-order valence-electron chi connectivity index (χ3n) is 3.51. The average molecular weight is 182 g/mol. The van der Waals surface area contributed by atoms with E-state index in [9.17, 15) is 0 Å². The first-order valence-corrected chi connectivity index (χ1v) is 5.77. The molecule has 2 nitrogen and oxygen atoms in total. The van der Waals surface area contributed by atoms with Gasteiger partial charge in [-0.2, -0.15) is 0 Å². The van der Waals surface area contributed by atoms with Crippen molar-refractivity contribution < 1.29 is 0 Å². The first-order chi connectivity index (χ1) is 6.36. The molecule has 0 unspecified atom stereocenters. The molecule has 0 aromatic rings. The minimum atomic E-state index is 0.869. The van der Waals surface area contributed by atoms with Crippen LogP contribution in [0.5, 0.6) is 0 Å². The van der Waals surface area contributed by atoms with Gasteiger partial charge in [-0.15, -0.1) is 0 Å². The number of nitrogens with one attached hydrogen (secondary N) is 2. The highest BCUT2D eigenvalue weighted by Crippen LogP contribution is 2.31. The second-order valence-corrected chi connectivity index (χ2v) is 4.83. The van der Waals surface area contributed by atoms with Crippen LogP contribution in [0.4, 0.5) is 0 Å². The van der Waals surface area contributed by atoms with Crippen molar-refractivity contribution in [2.45, 2.75) is 26.2 Å². The average Bonchev–Trinajstić information content (AvgIpc) is 2.86. The molecule has 0 bridgehead atoms. The molecule has 76 valence electrons. The molecule has 0 amide bonds. The van der Waals surface area contributed by atoms with E-state index in [1.807, 2.05) is 0 Å². The fourth-order valence-corrected chi connectivity index (χ4v) is 2.14. The Hall–Kier alpha value is -0.0800. The molecule has 1 aliphatic carbocycles. The van der Waals surface area contributed by atoms with E-state index in [1.165, 1.54) is 45.4 Å². The molecule has 0 spiro atoms. The van der Waals surface area contributed by atoms with Crippen LogP contribution in [0.25, 0.3) is 0 Å². The van der Waals surface area contributed by atoms with Gasteiger partial charge in [0.15, 0.2) is 0 Å². The van der Waals surface area contributed by atoms with Crippen LogP contribution < -0.4 is 10.6 Å². The molecule has 0 aromatic heterocycles. The zero-order chi connectivity index (χ0) is 9.10. The van der Waals surface area contributed by atoms with Gasteiger partial charge < -0.3 is 10.6 Å². The lowest BCUT2D eigenvalue weighted by atomic mass is 9.98. The molecule has 0 radical (unpaired) electrons. The predicted octanol–water partition coefficient (Wildman–Crippen LogP) is 1.23. The number of rotatable bonds is 5. The molecule has 2 rings (SSSR count). The Bertz CT molecular complexity index is 154. The van der Waals surface area contributed by atoms with Crippen LogP contribution in [0.3, 0.4) is 0 Å². The van der Waals surface area contributed by atoms with Crippen molar-refractivity contribution in [2.75, 3.05) is 26.2 Å². The fraction of sp³-hybridized carbons (Fsp3) is 1.00. The van der Waals surface area contributed by atoms with Crippen LogP contribution >= 0.6 is 0 Å². The molecule has 2 atom stereocenters. The van der Waals surface area contributed by atoms with E-state index in [2.05, 4.69) is 17.6 Å². The maximum Gasteiger partial charge on any atom is -0.000523 e. The number of hydrogen-bond acceptors (Lipinski definition) is 2. The maximum absolute atomic E-state index is 3.59. The molecule has 1 saturated carbocycles. The van der Waals surface area contributed by atoms with E-state index in [1.54, 1.807) is 0 Å². The second-order valence-electron chi connectivity index (χ2n) is 4.83. The highest BCUT2D eigenvalue weighted by molar-refractivity contribution is 4.80. The van der Waals surface area contributed by atoms with Crippen LogP contribution in [0, 0.1) is 17.8 Å². The number of hydrogen-bond donors (Lipinski definition) is 2. The minimum Gasteiger partial charge on any atom is -0.316 e. The van der Waals surface area contributed by atoms with Crippen LogP contribution in [-0.4, -0.2) is 26.2 Å². The SMILES string of the molecule is C[C@@H]1CNC[C@H]1CNCCC1CC1. The summed E-state index contributed by atoms with van der Waals surface area (Å²) in [5, 5.41) is 7.03. The molecule has 1 saturated heterocycles. The zero-order valence-electron chi connectivity index (χ0n) is 8.68. The zero-order valence-corrected chi connectivity index (χ0v) is 8.68. The molecule has 1 heterocycles. The summed E-state index contributed by atoms with van der Waals surface area (Å²) in [5.41, 5.74) is 0. The van der Waals surface area contributed by atoms with E-state index >= 15 is 0 Å². The Balaban J connectivity index is 1.51. The van der Waals surface area contributed by atoms with Gasteiger partial charge in [-0.05, 0) is 50.4 Å². The minimum absolute atomic E-state index is 0.869. The summed E-state index contributed by atoms with van der Waals surface area (Å²) in [6.07, 6.45) is 4.39. The fourth-order valence-electron chi connectivity index (χ4n) is 2.14. The van der Waals surface area contributed by atoms with Crippen molar-refractivity contribution >= 4 is 0 Å². The summed E-state index contributed by atoms with van der Waals surface area (Å²) in [4.78, 5) is 0. The van der Waals surface area contributed by atoms with Gasteiger partial charge in [-0.1, -0.05) is 19.8 Å². The van der Waals surface area contributed by atoms with E-state index < -0.39 is 0 Å². The van der Waals surface area contributed by atoms with E-state index in [4.69, 9.17) is 0 Å². The summed E-state index contributed by atoms with van der Waals surface area (Å²) in [7, 11) is 0. The quantitative estimate of drug-likeness (QED) is 0.625. The topological polar surface area (TPSA) is 24.1 Å². The van der Waals surface area contributed by atoms with Crippen LogP contribution in [-0.2, 0) is 0 Å². The predicted molar refractivity (Wildman–Crippen MR) is 55.7 cm³/mol. The standard InChI is InChI=1S/C11H22N2/c1-9-6-13-8-11(9)7-12-5-4-10-2-3-10/h9-13H,2-8H2,1H3/t9-,11-/m1/s1. The third-order valence-corrected chi connectivity index (χ3v) is 3.51. The van der Waals surface area contributed by atoms with Gasteiger partial charge in [0, 0.05) is 0 Å². The van der Waals surface area contributed by atoms with Crippen molar-refractivity contribution in [1.29, 1.82) is 0 Å². The Morgan fingerprint density at radius 3 is 2.77 bits per heavy atom. The lowest BCUT2D eigenvalue weighted by molar-refractivity contribution is 0.416. The van der Waals surface area contributed by atoms with Crippen molar-refractivity contribution in [3.63, 3.8) is 0 Å². The van der Waals surface area contributed by atoms with Crippen LogP contribution in [0.2, 0.25) is 0 Å². The van der Waals surface area contributed by atoms with Gasteiger partial charge in [0.25, 0.3) is 0 Å². The Labute approximate surface area is 81.5 Å². The molecular formula is C11H22N2. The first kappa shape index (κ1) is 9.47. The Morgan fingerprint density at radius 2 is 2.15 bits per heavy atom. The molecule has 1 aliphatic heterocycles. The summed E-state index contributed by atoms with van der Waals surface area (Å²) in [6.45, 7) is 7.26. The van der Waals surface area contributed by atoms with Crippen molar-refractivity contribution in [1.82, 2.24) is 10.6 Å². The van der Waals surface area contributed by atoms with Gasteiger partial charge >= 0.3 is 0 Å². The summed E-state index contributed by atoms with van der Waals surface area (Å²) in [5.74, 6) is 2.82. The molecular weight excluding hydrogens is 160 g/mol. The van der Waals surface area contributed by atoms with Crippen molar-refractivity contribution in [3.05, 3.63) is 0 Å². The molecule has 2 heteroatoms. The van der Waals surface area contributed by atoms with E-state index in [-0.39, 0.29) is 0 Å². The Kier molecular flexibility index (Phi) is 3.23. The van der Waals surface area contributed by atoms with Gasteiger partial charge in [0.2, 0.25) is 0 Å². The molecule has 2 N–H and O–H groups in total. The van der Waals surface area contributed by atoms with Crippen molar-refractivity contribution in [2.24, 2.45) is 17.8 Å². The largest absolute Gasteiger partial charge is 0.316 e. The normalized spacial score (nSPS) is 33.9. The Morgan fingerprint density at radius 1 is 1.31 bits per heavy atom. The summed E-state index contributed by atoms with van der Waals surface area (Å²) < 4.78 is 0. The van der Waals surface area contributed by atoms with E-state index in [0.29, 0.717) is 0 Å². The summed E-state index contributed by atoms with van der Waals surface area (Å²) in [6, 6.07) is 0. The van der Waals surface area contributed by atoms with Crippen LogP contribution in [0.1, 0.15) is 26.2 Å². The maximum atomic E-state index is 3.59. The van der Waals surface area contributed by atoms with Crippen LogP contribution in [0.15, 0.2) is 0 Å². The highest BCUT2D eigenvalue weighted by atomic mass is 14.9. The van der Waals surface area contributed by atoms with Gasteiger partial charge in [0.05, 0.1) is 0 Å². The van der Waals surface area contributed by atoms with Gasteiger partial charge in [-0.3, -0.25) is 0 Å². The second kappa shape index (κ2) is 4.43. The van der Waals surface area contributed by atoms with Gasteiger partial charge in [0.1, 0.15) is 0 Å². The smallest absolute Gasteiger partial charge is 0.000523 e. The monoisotopic (exact) mass is 182 g/mol. The summed E-state index contributed by atoms with van der Waals surface area (Å²) >= 11 is 0.